The number of hydrogen-bond acceptors (Lipinski definition) is 3. The molecular formula is C15H21BrN2O2. The monoisotopic (exact) mass is 340 g/mol. The minimum absolute atomic E-state index is 0.203. The lowest BCUT2D eigenvalue weighted by Gasteiger charge is -2.22. The first kappa shape index (κ1) is 15.3. The number of ether oxygens (including phenoxy) is 1. The Morgan fingerprint density at radius 3 is 2.90 bits per heavy atom. The van der Waals surface area contributed by atoms with Crippen molar-refractivity contribution in [2.75, 3.05) is 32.1 Å². The van der Waals surface area contributed by atoms with Gasteiger partial charge in [-0.25, -0.2) is 4.79 Å². The molecule has 1 N–H and O–H groups in total. The molecule has 1 aromatic carbocycles. The third-order valence-corrected chi connectivity index (χ3v) is 4.50. The SMILES string of the molecule is COC(=O)NC1CCN(CC(CBr)c2ccccc2)C1. The van der Waals surface area contributed by atoms with Crippen molar-refractivity contribution < 1.29 is 9.53 Å². The number of likely N-dealkylation sites (tertiary alicyclic amines) is 1. The molecule has 1 fully saturated rings. The average Bonchev–Trinajstić information content (AvgIpc) is 2.92. The lowest BCUT2D eigenvalue weighted by Crippen LogP contribution is -2.37. The summed E-state index contributed by atoms with van der Waals surface area (Å²) in [5.74, 6) is 0.480. The molecule has 1 aliphatic heterocycles. The number of alkyl carbamates (subject to hydrolysis) is 1. The van der Waals surface area contributed by atoms with E-state index in [9.17, 15) is 4.79 Å². The van der Waals surface area contributed by atoms with Gasteiger partial charge in [-0.05, 0) is 12.0 Å². The second-order valence-corrected chi connectivity index (χ2v) is 5.79. The summed E-state index contributed by atoms with van der Waals surface area (Å²) in [7, 11) is 1.40. The van der Waals surface area contributed by atoms with Gasteiger partial charge < -0.3 is 15.0 Å². The lowest BCUT2D eigenvalue weighted by atomic mass is 10.0. The van der Waals surface area contributed by atoms with E-state index in [4.69, 9.17) is 0 Å². The van der Waals surface area contributed by atoms with Crippen molar-refractivity contribution >= 4 is 22.0 Å². The third kappa shape index (κ3) is 4.21. The Morgan fingerprint density at radius 1 is 1.50 bits per heavy atom. The van der Waals surface area contributed by atoms with Crippen molar-refractivity contribution in [3.05, 3.63) is 35.9 Å². The first-order chi connectivity index (χ1) is 9.72. The number of nitrogens with zero attached hydrogens (tertiary/aromatic N) is 1. The fourth-order valence-electron chi connectivity index (χ4n) is 2.62. The fourth-order valence-corrected chi connectivity index (χ4v) is 3.20. The van der Waals surface area contributed by atoms with Crippen molar-refractivity contribution in [2.45, 2.75) is 18.4 Å². The van der Waals surface area contributed by atoms with E-state index in [1.54, 1.807) is 0 Å². The number of carbonyl (C=O) groups is 1. The van der Waals surface area contributed by atoms with Crippen LogP contribution in [0.25, 0.3) is 0 Å². The normalized spacial score (nSPS) is 20.6. The fraction of sp³-hybridized carbons (Fsp3) is 0.533. The van der Waals surface area contributed by atoms with Crippen LogP contribution in [0.1, 0.15) is 17.9 Å². The van der Waals surface area contributed by atoms with Gasteiger partial charge in [0.2, 0.25) is 0 Å². The summed E-state index contributed by atoms with van der Waals surface area (Å²) in [6, 6.07) is 10.8. The number of rotatable bonds is 5. The molecule has 2 rings (SSSR count). The van der Waals surface area contributed by atoms with Gasteiger partial charge >= 0.3 is 6.09 Å². The van der Waals surface area contributed by atoms with Gasteiger partial charge in [-0.3, -0.25) is 0 Å². The summed E-state index contributed by atoms with van der Waals surface area (Å²) in [5.41, 5.74) is 1.36. The van der Waals surface area contributed by atoms with E-state index in [1.165, 1.54) is 12.7 Å². The van der Waals surface area contributed by atoms with Crippen LogP contribution in [0.5, 0.6) is 0 Å². The first-order valence-electron chi connectivity index (χ1n) is 6.90. The number of benzene rings is 1. The van der Waals surface area contributed by atoms with Crippen LogP contribution in [0, 0.1) is 0 Å². The first-order valence-corrected chi connectivity index (χ1v) is 8.02. The molecule has 1 aromatic rings. The van der Waals surface area contributed by atoms with E-state index in [1.807, 2.05) is 6.07 Å². The van der Waals surface area contributed by atoms with Gasteiger partial charge in [-0.15, -0.1) is 0 Å². The number of alkyl halides is 1. The number of carbonyl (C=O) groups excluding carboxylic acids is 1. The number of hydrogen-bond donors (Lipinski definition) is 1. The van der Waals surface area contributed by atoms with Crippen LogP contribution in [0.15, 0.2) is 30.3 Å². The van der Waals surface area contributed by atoms with E-state index in [-0.39, 0.29) is 12.1 Å². The maximum absolute atomic E-state index is 11.2. The number of amides is 1. The van der Waals surface area contributed by atoms with Gasteiger partial charge in [0, 0.05) is 36.9 Å². The lowest BCUT2D eigenvalue weighted by molar-refractivity contribution is 0.166. The molecule has 20 heavy (non-hydrogen) atoms. The average molecular weight is 341 g/mol. The zero-order chi connectivity index (χ0) is 14.4. The Bertz CT molecular complexity index is 427. The predicted molar refractivity (Wildman–Crippen MR) is 83.4 cm³/mol. The van der Waals surface area contributed by atoms with Crippen LogP contribution in [0.3, 0.4) is 0 Å². The summed E-state index contributed by atoms with van der Waals surface area (Å²) < 4.78 is 4.64. The largest absolute Gasteiger partial charge is 0.453 e. The van der Waals surface area contributed by atoms with Gasteiger partial charge in [0.1, 0.15) is 0 Å². The number of halogens is 1. The molecule has 1 aliphatic rings. The minimum Gasteiger partial charge on any atom is -0.453 e. The van der Waals surface area contributed by atoms with Crippen molar-refractivity contribution in [2.24, 2.45) is 0 Å². The predicted octanol–water partition coefficient (Wildman–Crippen LogP) is 2.60. The molecule has 0 aromatic heterocycles. The molecule has 2 unspecified atom stereocenters. The van der Waals surface area contributed by atoms with Gasteiger partial charge in [0.05, 0.1) is 7.11 Å². The molecule has 2 atom stereocenters. The van der Waals surface area contributed by atoms with E-state index >= 15 is 0 Å². The van der Waals surface area contributed by atoms with Crippen LogP contribution in [-0.2, 0) is 4.74 Å². The van der Waals surface area contributed by atoms with Crippen LogP contribution in [0.4, 0.5) is 4.79 Å². The highest BCUT2D eigenvalue weighted by molar-refractivity contribution is 9.09. The molecule has 0 saturated carbocycles. The summed E-state index contributed by atoms with van der Waals surface area (Å²) in [4.78, 5) is 13.6. The quantitative estimate of drug-likeness (QED) is 0.837. The third-order valence-electron chi connectivity index (χ3n) is 3.72. The zero-order valence-electron chi connectivity index (χ0n) is 11.7. The molecular weight excluding hydrogens is 320 g/mol. The molecule has 0 bridgehead atoms. The molecule has 0 radical (unpaired) electrons. The van der Waals surface area contributed by atoms with Gasteiger partial charge in [-0.1, -0.05) is 46.3 Å². The standard InChI is InChI=1S/C15H21BrN2O2/c1-20-15(19)17-14-7-8-18(11-14)10-13(9-16)12-5-3-2-4-6-12/h2-6,13-14H,7-11H2,1H3,(H,17,19). The Balaban J connectivity index is 1.86. The van der Waals surface area contributed by atoms with Crippen LogP contribution in [-0.4, -0.2) is 49.1 Å². The van der Waals surface area contributed by atoms with Crippen LogP contribution < -0.4 is 5.32 Å². The molecule has 1 heterocycles. The second-order valence-electron chi connectivity index (χ2n) is 5.14. The van der Waals surface area contributed by atoms with Crippen LogP contribution >= 0.6 is 15.9 Å². The maximum atomic E-state index is 11.2. The van der Waals surface area contributed by atoms with Gasteiger partial charge in [-0.2, -0.15) is 0 Å². The topological polar surface area (TPSA) is 41.6 Å². The highest BCUT2D eigenvalue weighted by Crippen LogP contribution is 2.21. The van der Waals surface area contributed by atoms with E-state index < -0.39 is 0 Å². The molecule has 5 heteroatoms. The van der Waals surface area contributed by atoms with E-state index in [0.29, 0.717) is 5.92 Å². The van der Waals surface area contributed by atoms with E-state index in [0.717, 1.165) is 31.4 Å². The Kier molecular flexibility index (Phi) is 5.86. The second kappa shape index (κ2) is 7.64. The smallest absolute Gasteiger partial charge is 0.407 e. The molecule has 0 spiro atoms. The molecule has 4 nitrogen and oxygen atoms in total. The van der Waals surface area contributed by atoms with Crippen molar-refractivity contribution in [1.82, 2.24) is 10.2 Å². The number of methoxy groups -OCH3 is 1. The summed E-state index contributed by atoms with van der Waals surface area (Å²) in [6.07, 6.45) is 0.649. The maximum Gasteiger partial charge on any atom is 0.407 e. The van der Waals surface area contributed by atoms with E-state index in [2.05, 4.69) is 55.1 Å². The zero-order valence-corrected chi connectivity index (χ0v) is 13.3. The molecule has 1 amide bonds. The Morgan fingerprint density at radius 2 is 2.25 bits per heavy atom. The van der Waals surface area contributed by atoms with Crippen molar-refractivity contribution in [3.8, 4) is 0 Å². The molecule has 110 valence electrons. The minimum atomic E-state index is -0.336. The van der Waals surface area contributed by atoms with Crippen LogP contribution in [0.2, 0.25) is 0 Å². The number of nitrogens with one attached hydrogen (secondary N) is 1. The Labute approximate surface area is 128 Å². The molecule has 0 aliphatic carbocycles. The van der Waals surface area contributed by atoms with Crippen molar-refractivity contribution in [3.63, 3.8) is 0 Å². The summed E-state index contributed by atoms with van der Waals surface area (Å²) in [6.45, 7) is 2.92. The highest BCUT2D eigenvalue weighted by Gasteiger charge is 2.26. The van der Waals surface area contributed by atoms with Gasteiger partial charge in [0.25, 0.3) is 0 Å². The molecule has 1 saturated heterocycles. The van der Waals surface area contributed by atoms with Gasteiger partial charge in [0.15, 0.2) is 0 Å². The summed E-state index contributed by atoms with van der Waals surface area (Å²) >= 11 is 3.61. The Hall–Kier alpha value is -1.07. The van der Waals surface area contributed by atoms with Crippen molar-refractivity contribution in [1.29, 1.82) is 0 Å². The highest BCUT2D eigenvalue weighted by atomic mass is 79.9. The summed E-state index contributed by atoms with van der Waals surface area (Å²) in [5, 5.41) is 3.82.